The zero-order valence-electron chi connectivity index (χ0n) is 23.0. The second-order valence-corrected chi connectivity index (χ2v) is 10.9. The number of nitrogens with one attached hydrogen (secondary N) is 1. The van der Waals surface area contributed by atoms with Crippen LogP contribution in [0.3, 0.4) is 0 Å². The van der Waals surface area contributed by atoms with E-state index >= 15 is 0 Å². The molecule has 0 radical (unpaired) electrons. The van der Waals surface area contributed by atoms with Crippen molar-refractivity contribution in [3.05, 3.63) is 51.9 Å². The molecule has 1 aliphatic heterocycles. The molecule has 38 heavy (non-hydrogen) atoms. The molecule has 0 aliphatic carbocycles. The van der Waals surface area contributed by atoms with Crippen LogP contribution in [0.1, 0.15) is 38.8 Å². The molecule has 1 unspecified atom stereocenters. The van der Waals surface area contributed by atoms with Crippen molar-refractivity contribution in [3.8, 4) is 11.4 Å². The molecular formula is C28H38N4O6. The number of imidazole rings is 1. The van der Waals surface area contributed by atoms with Crippen LogP contribution >= 0.6 is 0 Å². The van der Waals surface area contributed by atoms with Gasteiger partial charge in [-0.15, -0.1) is 0 Å². The minimum Gasteiger partial charge on any atom is -0.459 e. The van der Waals surface area contributed by atoms with E-state index in [0.717, 1.165) is 28.0 Å². The van der Waals surface area contributed by atoms with Gasteiger partial charge in [0.2, 0.25) is 0 Å². The number of aryl methyl sites for hydroxylation is 2. The van der Waals surface area contributed by atoms with Crippen molar-refractivity contribution in [3.63, 3.8) is 0 Å². The SMILES string of the molecule is Cc1cc(-c2nc3cc(CN[C@H](C(=O)OC(C)(C)C)[C@@H](C)O)ccc3n2CC2COCCO2)cn(C)c1=O. The largest absolute Gasteiger partial charge is 0.459 e. The molecule has 1 saturated heterocycles. The maximum absolute atomic E-state index is 12.6. The normalized spacial score (nSPS) is 17.9. The number of carbonyl (C=O) groups excluding carboxylic acids is 1. The minimum atomic E-state index is -0.926. The summed E-state index contributed by atoms with van der Waals surface area (Å²) in [6.07, 6.45) is 0.752. The number of nitrogens with zero attached hydrogens (tertiary/aromatic N) is 3. The van der Waals surface area contributed by atoms with Gasteiger partial charge in [-0.3, -0.25) is 14.9 Å². The van der Waals surface area contributed by atoms with Gasteiger partial charge in [-0.05, 0) is 58.4 Å². The Morgan fingerprint density at radius 2 is 2.05 bits per heavy atom. The zero-order valence-corrected chi connectivity index (χ0v) is 23.0. The second kappa shape index (κ2) is 11.4. The third-order valence-electron chi connectivity index (χ3n) is 6.37. The maximum atomic E-state index is 12.6. The van der Waals surface area contributed by atoms with Gasteiger partial charge in [0.15, 0.2) is 0 Å². The Hall–Kier alpha value is -3.05. The molecule has 3 heterocycles. The molecule has 0 spiro atoms. The van der Waals surface area contributed by atoms with Gasteiger partial charge in [0.1, 0.15) is 17.5 Å². The number of aliphatic hydroxyl groups excluding tert-OH is 1. The highest BCUT2D eigenvalue weighted by molar-refractivity contribution is 5.81. The van der Waals surface area contributed by atoms with Crippen molar-refractivity contribution in [1.82, 2.24) is 19.4 Å². The number of carbonyl (C=O) groups is 1. The predicted molar refractivity (Wildman–Crippen MR) is 144 cm³/mol. The first kappa shape index (κ1) is 28.0. The first-order valence-electron chi connectivity index (χ1n) is 12.9. The smallest absolute Gasteiger partial charge is 0.326 e. The summed E-state index contributed by atoms with van der Waals surface area (Å²) in [5, 5.41) is 13.3. The topological polar surface area (TPSA) is 117 Å². The van der Waals surface area contributed by atoms with Crippen LogP contribution in [0.15, 0.2) is 35.3 Å². The lowest BCUT2D eigenvalue weighted by molar-refractivity contribution is -0.160. The number of pyridine rings is 1. The predicted octanol–water partition coefficient (Wildman–Crippen LogP) is 2.31. The molecule has 2 N–H and O–H groups in total. The molecular weight excluding hydrogens is 488 g/mol. The van der Waals surface area contributed by atoms with Gasteiger partial charge in [-0.2, -0.15) is 0 Å². The van der Waals surface area contributed by atoms with E-state index in [1.165, 1.54) is 0 Å². The summed E-state index contributed by atoms with van der Waals surface area (Å²) in [6.45, 7) is 11.3. The molecule has 0 bridgehead atoms. The number of benzene rings is 1. The molecule has 0 amide bonds. The Morgan fingerprint density at radius 3 is 2.68 bits per heavy atom. The number of ether oxygens (including phenoxy) is 3. The van der Waals surface area contributed by atoms with Crippen LogP contribution in [0.2, 0.25) is 0 Å². The average Bonchev–Trinajstić information content (AvgIpc) is 3.19. The maximum Gasteiger partial charge on any atom is 0.326 e. The van der Waals surface area contributed by atoms with Crippen molar-refractivity contribution in [1.29, 1.82) is 0 Å². The number of aliphatic hydroxyl groups is 1. The summed E-state index contributed by atoms with van der Waals surface area (Å²) in [5.74, 6) is 0.230. The highest BCUT2D eigenvalue weighted by atomic mass is 16.6. The fraction of sp³-hybridized carbons (Fsp3) is 0.536. The van der Waals surface area contributed by atoms with E-state index in [0.29, 0.717) is 38.5 Å². The number of hydrogen-bond donors (Lipinski definition) is 2. The lowest BCUT2D eigenvalue weighted by Gasteiger charge is -2.26. The number of fused-ring (bicyclic) bond motifs is 1. The average molecular weight is 527 g/mol. The van der Waals surface area contributed by atoms with Crippen LogP contribution in [0.4, 0.5) is 0 Å². The second-order valence-electron chi connectivity index (χ2n) is 10.9. The number of rotatable bonds is 8. The van der Waals surface area contributed by atoms with E-state index in [9.17, 15) is 14.7 Å². The Morgan fingerprint density at radius 1 is 1.29 bits per heavy atom. The van der Waals surface area contributed by atoms with E-state index in [1.54, 1.807) is 52.4 Å². The van der Waals surface area contributed by atoms with Gasteiger partial charge < -0.3 is 28.5 Å². The van der Waals surface area contributed by atoms with Gasteiger partial charge in [-0.25, -0.2) is 4.98 Å². The van der Waals surface area contributed by atoms with Gasteiger partial charge in [-0.1, -0.05) is 6.07 Å². The lowest BCUT2D eigenvalue weighted by atomic mass is 10.1. The summed E-state index contributed by atoms with van der Waals surface area (Å²) in [4.78, 5) is 29.9. The third-order valence-corrected chi connectivity index (χ3v) is 6.37. The van der Waals surface area contributed by atoms with Gasteiger partial charge in [0, 0.05) is 30.9 Å². The highest BCUT2D eigenvalue weighted by Gasteiger charge is 2.28. The molecule has 1 aliphatic rings. The lowest BCUT2D eigenvalue weighted by Crippen LogP contribution is -2.47. The molecule has 4 rings (SSSR count). The molecule has 3 atom stereocenters. The molecule has 2 aromatic heterocycles. The Bertz CT molecular complexity index is 1320. The van der Waals surface area contributed by atoms with Crippen molar-refractivity contribution in [2.75, 3.05) is 19.8 Å². The minimum absolute atomic E-state index is 0.0496. The van der Waals surface area contributed by atoms with E-state index in [2.05, 4.69) is 9.88 Å². The van der Waals surface area contributed by atoms with Gasteiger partial charge >= 0.3 is 5.97 Å². The molecule has 0 saturated carbocycles. The van der Waals surface area contributed by atoms with Crippen LogP contribution in [0.5, 0.6) is 0 Å². The monoisotopic (exact) mass is 526 g/mol. The van der Waals surface area contributed by atoms with Gasteiger partial charge in [0.25, 0.3) is 5.56 Å². The van der Waals surface area contributed by atoms with Crippen LogP contribution < -0.4 is 10.9 Å². The molecule has 1 aromatic carbocycles. The molecule has 206 valence electrons. The van der Waals surface area contributed by atoms with Crippen LogP contribution in [0.25, 0.3) is 22.4 Å². The summed E-state index contributed by atoms with van der Waals surface area (Å²) >= 11 is 0. The molecule has 1 fully saturated rings. The van der Waals surface area contributed by atoms with E-state index in [4.69, 9.17) is 19.2 Å². The van der Waals surface area contributed by atoms with Crippen LogP contribution in [-0.4, -0.2) is 68.9 Å². The Kier molecular flexibility index (Phi) is 8.37. The summed E-state index contributed by atoms with van der Waals surface area (Å²) in [5.41, 5.74) is 3.36. The van der Waals surface area contributed by atoms with E-state index < -0.39 is 23.7 Å². The fourth-order valence-electron chi connectivity index (χ4n) is 4.58. The van der Waals surface area contributed by atoms with E-state index in [-0.39, 0.29) is 11.7 Å². The van der Waals surface area contributed by atoms with Crippen LogP contribution in [-0.2, 0) is 39.1 Å². The van der Waals surface area contributed by atoms with E-state index in [1.807, 2.05) is 24.3 Å². The number of esters is 1. The molecule has 10 heteroatoms. The van der Waals surface area contributed by atoms with Gasteiger partial charge in [0.05, 0.1) is 49.6 Å². The highest BCUT2D eigenvalue weighted by Crippen LogP contribution is 2.27. The third kappa shape index (κ3) is 6.50. The standard InChI is InChI=1S/C28H38N4O6/c1-17-11-20(14-31(6)26(17)34)25-30-22-12-19(13-29-24(18(2)33)27(35)38-28(3,4)5)7-8-23(22)32(25)15-21-16-36-9-10-37-21/h7-8,11-12,14,18,21,24,29,33H,9-10,13,15-16H2,1-6H3/t18-,21?,24+/m1/s1. The Labute approximate surface area is 222 Å². The first-order chi connectivity index (χ1) is 17.9. The first-order valence-corrected chi connectivity index (χ1v) is 12.9. The van der Waals surface area contributed by atoms with Crippen LogP contribution in [0, 0.1) is 6.92 Å². The summed E-state index contributed by atoms with van der Waals surface area (Å²) in [6, 6.07) is 6.91. The zero-order chi connectivity index (χ0) is 27.6. The van der Waals surface area contributed by atoms with Crippen molar-refractivity contribution in [2.45, 2.75) is 71.6 Å². The number of hydrogen-bond acceptors (Lipinski definition) is 8. The number of aromatic nitrogens is 3. The fourth-order valence-corrected chi connectivity index (χ4v) is 4.58. The summed E-state index contributed by atoms with van der Waals surface area (Å²) < 4.78 is 20.7. The summed E-state index contributed by atoms with van der Waals surface area (Å²) in [7, 11) is 1.73. The Balaban J connectivity index is 1.66. The van der Waals surface area contributed by atoms with Crippen molar-refractivity contribution < 1.29 is 24.1 Å². The molecule has 3 aromatic rings. The molecule has 10 nitrogen and oxygen atoms in total. The van der Waals surface area contributed by atoms with Crippen molar-refractivity contribution in [2.24, 2.45) is 7.05 Å². The quantitative estimate of drug-likeness (QED) is 0.430. The van der Waals surface area contributed by atoms with Crippen molar-refractivity contribution >= 4 is 17.0 Å².